The van der Waals surface area contributed by atoms with Crippen molar-refractivity contribution in [2.24, 2.45) is 0 Å². The van der Waals surface area contributed by atoms with Gasteiger partial charge in [0.05, 0.1) is 16.6 Å². The highest BCUT2D eigenvalue weighted by atomic mass is 31.2. The zero-order chi connectivity index (χ0) is 32.1. The van der Waals surface area contributed by atoms with Crippen molar-refractivity contribution in [2.45, 2.75) is 33.2 Å². The van der Waals surface area contributed by atoms with Crippen LogP contribution in [0.2, 0.25) is 0 Å². The van der Waals surface area contributed by atoms with E-state index in [1.165, 1.54) is 22.8 Å². The number of fused-ring (bicyclic) bond motifs is 1. The number of carbonyl (C=O) groups excluding carboxylic acids is 1. The van der Waals surface area contributed by atoms with Crippen molar-refractivity contribution in [1.82, 2.24) is 19.4 Å². The number of carbonyl (C=O) groups is 1. The minimum Gasteiger partial charge on any atom is -0.507 e. The number of piperazine rings is 1. The predicted octanol–water partition coefficient (Wildman–Crippen LogP) is 4.77. The Balaban J connectivity index is 1.84. The average Bonchev–Trinajstić information content (AvgIpc) is 2.96. The molecule has 2 aromatic carbocycles. The lowest BCUT2D eigenvalue weighted by Gasteiger charge is -2.40. The fourth-order valence-corrected chi connectivity index (χ4v) is 6.75. The van der Waals surface area contributed by atoms with Crippen molar-refractivity contribution in [1.29, 1.82) is 0 Å². The van der Waals surface area contributed by atoms with Gasteiger partial charge in [-0.05, 0) is 81.1 Å². The van der Waals surface area contributed by atoms with E-state index in [9.17, 15) is 23.7 Å². The Bertz CT molecular complexity index is 1920. The van der Waals surface area contributed by atoms with Crippen LogP contribution in [0.15, 0.2) is 53.8 Å². The van der Waals surface area contributed by atoms with Gasteiger partial charge in [-0.25, -0.2) is 23.1 Å². The number of halogens is 2. The molecule has 1 saturated heterocycles. The van der Waals surface area contributed by atoms with Gasteiger partial charge in [-0.3, -0.25) is 4.79 Å². The summed E-state index contributed by atoms with van der Waals surface area (Å²) in [5, 5.41) is 11.3. The summed E-state index contributed by atoms with van der Waals surface area (Å²) in [4.78, 5) is 38.7. The van der Waals surface area contributed by atoms with Crippen LogP contribution in [0.25, 0.3) is 28.0 Å². The van der Waals surface area contributed by atoms with E-state index < -0.39 is 41.5 Å². The van der Waals surface area contributed by atoms with Gasteiger partial charge in [-0.2, -0.15) is 4.98 Å². The molecule has 0 spiro atoms. The molecule has 2 aromatic heterocycles. The maximum Gasteiger partial charge on any atom is 0.355 e. The molecule has 1 N–H and O–H groups in total. The molecule has 9 nitrogen and oxygen atoms in total. The monoisotopic (exact) mass is 621 g/mol. The van der Waals surface area contributed by atoms with Gasteiger partial charge < -0.3 is 19.5 Å². The van der Waals surface area contributed by atoms with Gasteiger partial charge in [-0.15, -0.1) is 0 Å². The molecule has 0 unspecified atom stereocenters. The topological polar surface area (TPSA) is 109 Å². The number of phenolic OH excluding ortho intramolecular Hbond substituents is 1. The van der Waals surface area contributed by atoms with Crippen LogP contribution in [0.3, 0.4) is 0 Å². The number of benzene rings is 2. The van der Waals surface area contributed by atoms with Gasteiger partial charge in [0, 0.05) is 31.0 Å². The number of aromatic nitrogens is 3. The molecule has 44 heavy (non-hydrogen) atoms. The Morgan fingerprint density at radius 1 is 1.16 bits per heavy atom. The Labute approximate surface area is 253 Å². The molecule has 3 heterocycles. The fraction of sp³-hybridized carbons (Fsp3) is 0.312. The molecule has 1 aliphatic rings. The van der Waals surface area contributed by atoms with Crippen LogP contribution in [-0.2, 0) is 15.8 Å². The Morgan fingerprint density at radius 2 is 1.89 bits per heavy atom. The first-order valence-electron chi connectivity index (χ1n) is 14.2. The minimum absolute atomic E-state index is 0.0116. The second-order valence-corrected chi connectivity index (χ2v) is 14.6. The molecule has 0 saturated carbocycles. The van der Waals surface area contributed by atoms with Crippen LogP contribution >= 0.6 is 7.14 Å². The maximum absolute atomic E-state index is 15.9. The second kappa shape index (κ2) is 11.6. The standard InChI is InChI=1S/C32H34F2N5O4P/c1-7-20-15-21(44(5,6)43)14-18(3)29(20)39-31-22(16-24(34)28(35-31)27-23(33)10-9-11-25(27)40)30(36-32(39)42)38-13-12-37(17-19(38)4)26(41)8-2/h8-11,14-16,19,40H,2,7,12-13,17H2,1,3-6H3/t19-/m0/s1. The van der Waals surface area contributed by atoms with Crippen LogP contribution in [0.1, 0.15) is 25.0 Å². The predicted molar refractivity (Wildman–Crippen MR) is 169 cm³/mol. The first-order chi connectivity index (χ1) is 20.8. The van der Waals surface area contributed by atoms with Crippen molar-refractivity contribution in [3.05, 3.63) is 82.3 Å². The molecule has 1 atom stereocenters. The number of anilines is 1. The van der Waals surface area contributed by atoms with E-state index in [2.05, 4.69) is 16.5 Å². The number of hydrogen-bond donors (Lipinski definition) is 1. The van der Waals surface area contributed by atoms with E-state index in [1.807, 2.05) is 18.7 Å². The lowest BCUT2D eigenvalue weighted by Crippen LogP contribution is -2.54. The molecule has 0 radical (unpaired) electrons. The van der Waals surface area contributed by atoms with Crippen molar-refractivity contribution < 1.29 is 23.2 Å². The number of amides is 1. The highest BCUT2D eigenvalue weighted by molar-refractivity contribution is 7.70. The third-order valence-corrected chi connectivity index (χ3v) is 9.51. The Kier molecular flexibility index (Phi) is 8.20. The van der Waals surface area contributed by atoms with E-state index in [1.54, 1.807) is 37.3 Å². The van der Waals surface area contributed by atoms with Crippen molar-refractivity contribution in [3.63, 3.8) is 0 Å². The first-order valence-corrected chi connectivity index (χ1v) is 16.9. The molecule has 1 amide bonds. The largest absolute Gasteiger partial charge is 0.507 e. The molecule has 12 heteroatoms. The summed E-state index contributed by atoms with van der Waals surface area (Å²) in [7, 11) is -2.65. The summed E-state index contributed by atoms with van der Waals surface area (Å²) in [6.07, 6.45) is 1.71. The van der Waals surface area contributed by atoms with Crippen molar-refractivity contribution >= 4 is 35.2 Å². The number of nitrogens with zero attached hydrogens (tertiary/aromatic N) is 5. The van der Waals surface area contributed by atoms with Crippen LogP contribution in [0, 0.1) is 18.6 Å². The quantitative estimate of drug-likeness (QED) is 0.244. The van der Waals surface area contributed by atoms with Crippen LogP contribution in [0.5, 0.6) is 5.75 Å². The summed E-state index contributed by atoms with van der Waals surface area (Å²) < 4.78 is 45.1. The SMILES string of the molecule is C=CC(=O)N1CCN(c2nc(=O)n(-c3c(C)cc(P(C)(C)=O)cc3CC)c3nc(-c4c(O)cccc4F)c(F)cc23)[C@@H](C)C1. The van der Waals surface area contributed by atoms with Gasteiger partial charge in [0.15, 0.2) is 11.5 Å². The zero-order valence-electron chi connectivity index (χ0n) is 25.3. The van der Waals surface area contributed by atoms with E-state index in [0.29, 0.717) is 48.2 Å². The molecule has 1 aliphatic heterocycles. The molecule has 230 valence electrons. The summed E-state index contributed by atoms with van der Waals surface area (Å²) >= 11 is 0. The van der Waals surface area contributed by atoms with Crippen LogP contribution in [-0.4, -0.2) is 69.5 Å². The Morgan fingerprint density at radius 3 is 2.50 bits per heavy atom. The van der Waals surface area contributed by atoms with E-state index >= 15 is 4.39 Å². The Hall–Kier alpha value is -4.37. The molecular weight excluding hydrogens is 587 g/mol. The number of rotatable bonds is 6. The van der Waals surface area contributed by atoms with Gasteiger partial charge in [0.1, 0.15) is 30.2 Å². The first kappa shape index (κ1) is 31.1. The lowest BCUT2D eigenvalue weighted by molar-refractivity contribution is -0.126. The molecule has 4 aromatic rings. The van der Waals surface area contributed by atoms with E-state index in [-0.39, 0.29) is 28.8 Å². The molecule has 1 fully saturated rings. The van der Waals surface area contributed by atoms with Gasteiger partial charge in [0.25, 0.3) is 0 Å². The van der Waals surface area contributed by atoms with E-state index in [0.717, 1.165) is 12.1 Å². The number of hydrogen-bond acceptors (Lipinski definition) is 7. The second-order valence-electron chi connectivity index (χ2n) is 11.4. The third-order valence-electron chi connectivity index (χ3n) is 8.01. The molecule has 0 aliphatic carbocycles. The maximum atomic E-state index is 15.9. The highest BCUT2D eigenvalue weighted by Gasteiger charge is 2.31. The highest BCUT2D eigenvalue weighted by Crippen LogP contribution is 2.39. The molecule has 5 rings (SSSR count). The minimum atomic E-state index is -2.65. The lowest BCUT2D eigenvalue weighted by atomic mass is 10.0. The van der Waals surface area contributed by atoms with Crippen molar-refractivity contribution in [3.8, 4) is 22.7 Å². The van der Waals surface area contributed by atoms with Crippen LogP contribution in [0.4, 0.5) is 14.6 Å². The zero-order valence-corrected chi connectivity index (χ0v) is 26.2. The molecular formula is C32H34F2N5O4P. The molecule has 0 bridgehead atoms. The summed E-state index contributed by atoms with van der Waals surface area (Å²) in [5.41, 5.74) is 0.199. The van der Waals surface area contributed by atoms with Gasteiger partial charge in [0.2, 0.25) is 5.91 Å². The van der Waals surface area contributed by atoms with E-state index in [4.69, 9.17) is 0 Å². The van der Waals surface area contributed by atoms with Crippen molar-refractivity contribution in [2.75, 3.05) is 37.9 Å². The summed E-state index contributed by atoms with van der Waals surface area (Å²) in [5.74, 6) is -2.35. The summed E-state index contributed by atoms with van der Waals surface area (Å²) in [6, 6.07) is 8.01. The van der Waals surface area contributed by atoms with Gasteiger partial charge >= 0.3 is 5.69 Å². The fourth-order valence-electron chi connectivity index (χ4n) is 5.78. The third kappa shape index (κ3) is 5.41. The summed E-state index contributed by atoms with van der Waals surface area (Å²) in [6.45, 7) is 13.4. The number of phenols is 1. The number of aryl methyl sites for hydroxylation is 2. The van der Waals surface area contributed by atoms with Crippen LogP contribution < -0.4 is 15.9 Å². The number of pyridine rings is 1. The average molecular weight is 622 g/mol. The smallest absolute Gasteiger partial charge is 0.355 e. The normalized spacial score (nSPS) is 15.6. The van der Waals surface area contributed by atoms with Gasteiger partial charge in [-0.1, -0.05) is 19.6 Å². The number of aromatic hydroxyl groups is 1.